The molecule has 0 saturated carbocycles. The summed E-state index contributed by atoms with van der Waals surface area (Å²) in [5.74, 6) is 3.05. The third kappa shape index (κ3) is 1.91. The number of oxazole rings is 1. The number of nitrogens with zero attached hydrogens (tertiary/aromatic N) is 1. The van der Waals surface area contributed by atoms with Gasteiger partial charge in [-0.05, 0) is 19.0 Å². The zero-order valence-electron chi connectivity index (χ0n) is 8.21. The van der Waals surface area contributed by atoms with E-state index in [-0.39, 0.29) is 0 Å². The normalized spacial score (nSPS) is 17.8. The van der Waals surface area contributed by atoms with E-state index >= 15 is 0 Å². The van der Waals surface area contributed by atoms with Gasteiger partial charge in [0.1, 0.15) is 5.76 Å². The molecule has 13 heavy (non-hydrogen) atoms. The van der Waals surface area contributed by atoms with Crippen molar-refractivity contribution < 1.29 is 4.42 Å². The highest BCUT2D eigenvalue weighted by molar-refractivity contribution is 4.99. The lowest BCUT2D eigenvalue weighted by Crippen LogP contribution is -2.42. The number of hydrogen-bond donors (Lipinski definition) is 1. The van der Waals surface area contributed by atoms with E-state index in [0.717, 1.165) is 37.1 Å². The molecule has 0 spiro atoms. The fourth-order valence-electron chi connectivity index (χ4n) is 1.46. The molecule has 1 N–H and O–H groups in total. The molecule has 1 aromatic rings. The minimum Gasteiger partial charge on any atom is -0.445 e. The molecule has 1 saturated heterocycles. The molecule has 2 heterocycles. The first-order chi connectivity index (χ1) is 6.25. The molecule has 0 atom stereocenters. The van der Waals surface area contributed by atoms with E-state index in [1.807, 2.05) is 6.20 Å². The van der Waals surface area contributed by atoms with Gasteiger partial charge in [-0.2, -0.15) is 0 Å². The molecule has 3 nitrogen and oxygen atoms in total. The summed E-state index contributed by atoms with van der Waals surface area (Å²) in [6, 6.07) is 0. The van der Waals surface area contributed by atoms with Crippen molar-refractivity contribution in [2.24, 2.45) is 5.92 Å². The molecule has 0 aliphatic carbocycles. The highest BCUT2D eigenvalue weighted by Crippen LogP contribution is 2.17. The summed E-state index contributed by atoms with van der Waals surface area (Å²) in [6.07, 6.45) is 2.90. The van der Waals surface area contributed by atoms with E-state index in [0.29, 0.717) is 5.92 Å². The molecular formula is C10H16N2O. The summed E-state index contributed by atoms with van der Waals surface area (Å²) >= 11 is 0. The molecular weight excluding hydrogens is 164 g/mol. The van der Waals surface area contributed by atoms with Crippen molar-refractivity contribution in [3.8, 4) is 0 Å². The zero-order chi connectivity index (χ0) is 9.26. The van der Waals surface area contributed by atoms with Crippen LogP contribution in [0, 0.1) is 5.92 Å². The van der Waals surface area contributed by atoms with Crippen molar-refractivity contribution in [2.45, 2.75) is 26.2 Å². The molecule has 0 unspecified atom stereocenters. The van der Waals surface area contributed by atoms with E-state index in [1.54, 1.807) is 0 Å². The van der Waals surface area contributed by atoms with Crippen LogP contribution in [0.15, 0.2) is 10.6 Å². The van der Waals surface area contributed by atoms with Crippen molar-refractivity contribution >= 4 is 0 Å². The predicted molar refractivity (Wildman–Crippen MR) is 50.7 cm³/mol. The maximum atomic E-state index is 5.61. The van der Waals surface area contributed by atoms with Crippen molar-refractivity contribution in [1.29, 1.82) is 0 Å². The van der Waals surface area contributed by atoms with Gasteiger partial charge in [-0.3, -0.25) is 0 Å². The van der Waals surface area contributed by atoms with Crippen molar-refractivity contribution in [3.63, 3.8) is 0 Å². The fraction of sp³-hybridized carbons (Fsp3) is 0.700. The van der Waals surface area contributed by atoms with Gasteiger partial charge < -0.3 is 9.73 Å². The van der Waals surface area contributed by atoms with Crippen LogP contribution in [0.3, 0.4) is 0 Å². The minimum atomic E-state index is 0.397. The van der Waals surface area contributed by atoms with Gasteiger partial charge in [-0.1, -0.05) is 13.8 Å². The number of rotatable bonds is 3. The second kappa shape index (κ2) is 3.50. The molecule has 3 heteroatoms. The summed E-state index contributed by atoms with van der Waals surface area (Å²) in [7, 11) is 0. The Kier molecular flexibility index (Phi) is 2.36. The lowest BCUT2D eigenvalue weighted by atomic mass is 9.98. The summed E-state index contributed by atoms with van der Waals surface area (Å²) < 4.78 is 5.61. The highest BCUT2D eigenvalue weighted by Gasteiger charge is 2.19. The molecule has 0 radical (unpaired) electrons. The summed E-state index contributed by atoms with van der Waals surface area (Å²) in [4.78, 5) is 4.24. The van der Waals surface area contributed by atoms with Crippen molar-refractivity contribution in [2.75, 3.05) is 13.1 Å². The topological polar surface area (TPSA) is 38.1 Å². The van der Waals surface area contributed by atoms with Gasteiger partial charge in [0.05, 0.1) is 6.20 Å². The molecule has 1 aromatic heterocycles. The Labute approximate surface area is 78.5 Å². The molecule has 1 aliphatic heterocycles. The van der Waals surface area contributed by atoms with Gasteiger partial charge in [0.2, 0.25) is 0 Å². The van der Waals surface area contributed by atoms with Crippen LogP contribution in [0.25, 0.3) is 0 Å². The van der Waals surface area contributed by atoms with Crippen LogP contribution in [0.1, 0.15) is 31.4 Å². The second-order valence-electron chi connectivity index (χ2n) is 4.05. The van der Waals surface area contributed by atoms with Crippen molar-refractivity contribution in [1.82, 2.24) is 10.3 Å². The Hall–Kier alpha value is -0.830. The third-order valence-corrected chi connectivity index (χ3v) is 2.42. The van der Waals surface area contributed by atoms with E-state index in [9.17, 15) is 0 Å². The predicted octanol–water partition coefficient (Wildman–Crippen LogP) is 1.56. The molecule has 72 valence electrons. The SMILES string of the molecule is CC(C)c1ncc(CC2CNC2)o1. The van der Waals surface area contributed by atoms with Gasteiger partial charge >= 0.3 is 0 Å². The fourth-order valence-corrected chi connectivity index (χ4v) is 1.46. The van der Waals surface area contributed by atoms with Gasteiger partial charge in [0, 0.05) is 12.3 Å². The van der Waals surface area contributed by atoms with Crippen LogP contribution in [0.5, 0.6) is 0 Å². The average molecular weight is 180 g/mol. The summed E-state index contributed by atoms with van der Waals surface area (Å²) in [6.45, 7) is 6.44. The monoisotopic (exact) mass is 180 g/mol. The van der Waals surface area contributed by atoms with Crippen LogP contribution < -0.4 is 5.32 Å². The summed E-state index contributed by atoms with van der Waals surface area (Å²) in [5, 5.41) is 3.25. The smallest absolute Gasteiger partial charge is 0.196 e. The zero-order valence-corrected chi connectivity index (χ0v) is 8.21. The standard InChI is InChI=1S/C10H16N2O/c1-7(2)10-12-6-9(13-10)3-8-4-11-5-8/h6-8,11H,3-5H2,1-2H3. The minimum absolute atomic E-state index is 0.397. The number of aromatic nitrogens is 1. The molecule has 1 aliphatic rings. The van der Waals surface area contributed by atoms with E-state index in [2.05, 4.69) is 24.1 Å². The third-order valence-electron chi connectivity index (χ3n) is 2.42. The van der Waals surface area contributed by atoms with Gasteiger partial charge in [0.25, 0.3) is 0 Å². The lowest BCUT2D eigenvalue weighted by Gasteiger charge is -2.25. The maximum absolute atomic E-state index is 5.61. The molecule has 0 aromatic carbocycles. The molecule has 0 amide bonds. The molecule has 2 rings (SSSR count). The Bertz CT molecular complexity index is 276. The summed E-state index contributed by atoms with van der Waals surface area (Å²) in [5.41, 5.74) is 0. The van der Waals surface area contributed by atoms with Gasteiger partial charge in [-0.15, -0.1) is 0 Å². The molecule has 1 fully saturated rings. The second-order valence-corrected chi connectivity index (χ2v) is 4.05. The van der Waals surface area contributed by atoms with E-state index < -0.39 is 0 Å². The van der Waals surface area contributed by atoms with Crippen LogP contribution in [0.4, 0.5) is 0 Å². The van der Waals surface area contributed by atoms with Crippen LogP contribution in [-0.2, 0) is 6.42 Å². The lowest BCUT2D eigenvalue weighted by molar-refractivity contribution is 0.316. The van der Waals surface area contributed by atoms with Crippen molar-refractivity contribution in [3.05, 3.63) is 17.8 Å². The average Bonchev–Trinajstić information content (AvgIpc) is 2.44. The largest absolute Gasteiger partial charge is 0.445 e. The highest BCUT2D eigenvalue weighted by atomic mass is 16.4. The van der Waals surface area contributed by atoms with Crippen LogP contribution >= 0.6 is 0 Å². The van der Waals surface area contributed by atoms with Crippen LogP contribution in [-0.4, -0.2) is 18.1 Å². The quantitative estimate of drug-likeness (QED) is 0.767. The first-order valence-corrected chi connectivity index (χ1v) is 4.91. The molecule has 0 bridgehead atoms. The first-order valence-electron chi connectivity index (χ1n) is 4.91. The van der Waals surface area contributed by atoms with E-state index in [4.69, 9.17) is 4.42 Å². The van der Waals surface area contributed by atoms with Crippen LogP contribution in [0.2, 0.25) is 0 Å². The Morgan fingerprint density at radius 2 is 2.38 bits per heavy atom. The Morgan fingerprint density at radius 3 is 2.85 bits per heavy atom. The Morgan fingerprint density at radius 1 is 1.62 bits per heavy atom. The van der Waals surface area contributed by atoms with E-state index in [1.165, 1.54) is 0 Å². The Balaban J connectivity index is 1.96. The maximum Gasteiger partial charge on any atom is 0.196 e. The first kappa shape index (κ1) is 8.75. The van der Waals surface area contributed by atoms with Gasteiger partial charge in [0.15, 0.2) is 5.89 Å². The number of nitrogens with one attached hydrogen (secondary N) is 1. The van der Waals surface area contributed by atoms with Gasteiger partial charge in [-0.25, -0.2) is 4.98 Å². The number of hydrogen-bond acceptors (Lipinski definition) is 3.